The molecular weight excluding hydrogens is 304 g/mol. The zero-order valence-electron chi connectivity index (χ0n) is 17.2. The predicted octanol–water partition coefficient (Wildman–Crippen LogP) is 3.94. The summed E-state index contributed by atoms with van der Waals surface area (Å²) in [5.74, 6) is 0.491. The van der Waals surface area contributed by atoms with Gasteiger partial charge in [0.15, 0.2) is 0 Å². The molecule has 0 aliphatic heterocycles. The smallest absolute Gasteiger partial charge is 0.314 e. The Kier molecular flexibility index (Phi) is 23.6. The van der Waals surface area contributed by atoms with Gasteiger partial charge in [-0.3, -0.25) is 0 Å². The lowest BCUT2D eigenvalue weighted by atomic mass is 9.88. The second-order valence-corrected chi connectivity index (χ2v) is 6.66. The number of unbranched alkanes of at least 4 members (excludes halogenated alkanes) is 1. The number of carbonyl (C=O) groups is 1. The molecule has 0 aliphatic rings. The first-order valence-electron chi connectivity index (χ1n) is 9.56. The predicted molar refractivity (Wildman–Crippen MR) is 104 cm³/mol. The van der Waals surface area contributed by atoms with Gasteiger partial charge in [0.2, 0.25) is 0 Å². The fourth-order valence-electron chi connectivity index (χ4n) is 1.44. The zero-order valence-corrected chi connectivity index (χ0v) is 17.2. The van der Waals surface area contributed by atoms with E-state index < -0.39 is 0 Å². The molecule has 24 heavy (non-hydrogen) atoms. The van der Waals surface area contributed by atoms with Crippen LogP contribution in [0, 0.1) is 11.3 Å². The topological polar surface area (TPSA) is 81.6 Å². The minimum Gasteiger partial charge on any atom is -0.396 e. The third-order valence-electron chi connectivity index (χ3n) is 3.54. The van der Waals surface area contributed by atoms with Gasteiger partial charge >= 0.3 is 6.03 Å². The summed E-state index contributed by atoms with van der Waals surface area (Å²) in [4.78, 5) is 11.2. The Bertz CT molecular complexity index is 255. The van der Waals surface area contributed by atoms with E-state index >= 15 is 0 Å². The van der Waals surface area contributed by atoms with Crippen molar-refractivity contribution in [3.05, 3.63) is 0 Å². The Morgan fingerprint density at radius 2 is 1.58 bits per heavy atom. The average Bonchev–Trinajstić information content (AvgIpc) is 2.61. The van der Waals surface area contributed by atoms with Crippen molar-refractivity contribution in [2.24, 2.45) is 11.3 Å². The maximum Gasteiger partial charge on any atom is 0.314 e. The van der Waals surface area contributed by atoms with Crippen molar-refractivity contribution in [2.75, 3.05) is 26.3 Å². The minimum absolute atomic E-state index is 0.00443. The van der Waals surface area contributed by atoms with E-state index in [4.69, 9.17) is 10.2 Å². The number of aliphatic hydroxyl groups excluding tert-OH is 2. The summed E-state index contributed by atoms with van der Waals surface area (Å²) in [5, 5.41) is 23.0. The zero-order chi connectivity index (χ0) is 19.4. The van der Waals surface area contributed by atoms with Crippen molar-refractivity contribution < 1.29 is 15.0 Å². The lowest BCUT2D eigenvalue weighted by molar-refractivity contribution is 0.147. The highest BCUT2D eigenvalue weighted by Gasteiger charge is 2.15. The molecule has 0 aromatic heterocycles. The fraction of sp³-hybridized carbons (Fsp3) is 0.947. The Balaban J connectivity index is -0.000000462. The highest BCUT2D eigenvalue weighted by Crippen LogP contribution is 2.21. The molecule has 0 aliphatic carbocycles. The van der Waals surface area contributed by atoms with E-state index in [1.807, 2.05) is 41.5 Å². The molecule has 0 radical (unpaired) electrons. The number of hydrogen-bond donors (Lipinski definition) is 4. The lowest BCUT2D eigenvalue weighted by Gasteiger charge is -2.21. The first-order chi connectivity index (χ1) is 11.3. The van der Waals surface area contributed by atoms with Crippen molar-refractivity contribution in [2.45, 2.75) is 80.6 Å². The second-order valence-electron chi connectivity index (χ2n) is 6.66. The van der Waals surface area contributed by atoms with Crippen LogP contribution in [0.5, 0.6) is 0 Å². The molecule has 0 aromatic carbocycles. The molecule has 0 rings (SSSR count). The third kappa shape index (κ3) is 23.5. The van der Waals surface area contributed by atoms with E-state index in [0.29, 0.717) is 19.1 Å². The van der Waals surface area contributed by atoms with Gasteiger partial charge in [0.25, 0.3) is 0 Å². The largest absolute Gasteiger partial charge is 0.396 e. The normalized spacial score (nSPS) is 11.4. The van der Waals surface area contributed by atoms with Crippen LogP contribution in [0.2, 0.25) is 0 Å². The van der Waals surface area contributed by atoms with Crippen molar-refractivity contribution in [1.29, 1.82) is 0 Å². The Labute approximate surface area is 150 Å². The Morgan fingerprint density at radius 1 is 1.04 bits per heavy atom. The van der Waals surface area contributed by atoms with E-state index in [9.17, 15) is 4.79 Å². The van der Waals surface area contributed by atoms with Crippen molar-refractivity contribution in [3.8, 4) is 0 Å². The summed E-state index contributed by atoms with van der Waals surface area (Å²) in [6, 6.07) is -0.0803. The highest BCUT2D eigenvalue weighted by molar-refractivity contribution is 5.73. The van der Waals surface area contributed by atoms with E-state index in [2.05, 4.69) is 17.6 Å². The fourth-order valence-corrected chi connectivity index (χ4v) is 1.44. The first kappa shape index (κ1) is 28.0. The van der Waals surface area contributed by atoms with Crippen molar-refractivity contribution in [3.63, 3.8) is 0 Å². The van der Waals surface area contributed by atoms with Gasteiger partial charge in [-0.1, -0.05) is 61.3 Å². The van der Waals surface area contributed by atoms with Gasteiger partial charge in [0.05, 0.1) is 0 Å². The maximum absolute atomic E-state index is 11.2. The van der Waals surface area contributed by atoms with Gasteiger partial charge in [-0.05, 0) is 30.6 Å². The van der Waals surface area contributed by atoms with E-state index in [0.717, 1.165) is 38.6 Å². The molecule has 0 saturated carbocycles. The summed E-state index contributed by atoms with van der Waals surface area (Å²) >= 11 is 0. The maximum atomic E-state index is 11.2. The van der Waals surface area contributed by atoms with Gasteiger partial charge in [-0.2, -0.15) is 0 Å². The summed E-state index contributed by atoms with van der Waals surface area (Å²) in [6.45, 7) is 16.2. The molecule has 1 unspecified atom stereocenters. The van der Waals surface area contributed by atoms with E-state index in [1.54, 1.807) is 0 Å². The summed E-state index contributed by atoms with van der Waals surface area (Å²) in [6.07, 6.45) is 5.01. The number of carbonyl (C=O) groups excluding carboxylic acids is 1. The number of nitrogens with one attached hydrogen (secondary N) is 2. The van der Waals surface area contributed by atoms with Crippen LogP contribution in [0.25, 0.3) is 0 Å². The molecule has 148 valence electrons. The second kappa shape index (κ2) is 20.2. The highest BCUT2D eigenvalue weighted by atomic mass is 16.3. The molecule has 0 fully saturated rings. The van der Waals surface area contributed by atoms with Crippen LogP contribution >= 0.6 is 0 Å². The summed E-state index contributed by atoms with van der Waals surface area (Å²) in [7, 11) is 0. The first-order valence-corrected chi connectivity index (χ1v) is 9.56. The monoisotopic (exact) mass is 348 g/mol. The molecule has 0 saturated heterocycles. The van der Waals surface area contributed by atoms with Crippen LogP contribution in [0.3, 0.4) is 0 Å². The molecule has 0 spiro atoms. The number of amides is 2. The van der Waals surface area contributed by atoms with E-state index in [1.165, 1.54) is 0 Å². The summed E-state index contributed by atoms with van der Waals surface area (Å²) < 4.78 is 0. The van der Waals surface area contributed by atoms with Crippen LogP contribution in [0.1, 0.15) is 80.6 Å². The summed E-state index contributed by atoms with van der Waals surface area (Å²) in [5.41, 5.74) is 0.00443. The van der Waals surface area contributed by atoms with Crippen molar-refractivity contribution >= 4 is 6.03 Å². The number of aliphatic hydroxyl groups is 2. The molecule has 5 heteroatoms. The minimum atomic E-state index is -0.0803. The molecule has 1 atom stereocenters. The van der Waals surface area contributed by atoms with Crippen LogP contribution in [-0.4, -0.2) is 42.5 Å². The number of rotatable bonds is 10. The van der Waals surface area contributed by atoms with Crippen LogP contribution in [0.15, 0.2) is 0 Å². The average molecular weight is 349 g/mol. The van der Waals surface area contributed by atoms with Gasteiger partial charge in [0.1, 0.15) is 0 Å². The van der Waals surface area contributed by atoms with Crippen molar-refractivity contribution in [1.82, 2.24) is 10.6 Å². The Hall–Kier alpha value is -0.810. The van der Waals surface area contributed by atoms with Gasteiger partial charge in [0, 0.05) is 26.3 Å². The SMILES string of the molecule is CC.CCC(C)CO.CCCNC(=O)NCCCCC(C)(C)CO. The quantitative estimate of drug-likeness (QED) is 0.451. The molecular formula is C19H44N2O3. The molecule has 0 aromatic rings. The number of urea groups is 1. The standard InChI is InChI=1S/C12H26N2O2.C5H12O.C2H6/c1-4-8-13-11(16)14-9-6-5-7-12(2,3)10-15;1-3-5(2)4-6;1-2/h15H,4-10H2,1-3H3,(H2,13,14,16);5-6H,3-4H2,1-2H3;1-2H3. The van der Waals surface area contributed by atoms with Crippen LogP contribution in [0.4, 0.5) is 4.79 Å². The van der Waals surface area contributed by atoms with Crippen LogP contribution < -0.4 is 10.6 Å². The third-order valence-corrected chi connectivity index (χ3v) is 3.54. The molecule has 4 N–H and O–H groups in total. The van der Waals surface area contributed by atoms with Gasteiger partial charge in [-0.25, -0.2) is 4.79 Å². The van der Waals surface area contributed by atoms with Crippen LogP contribution in [-0.2, 0) is 0 Å². The molecule has 0 heterocycles. The van der Waals surface area contributed by atoms with E-state index in [-0.39, 0.29) is 18.1 Å². The molecule has 5 nitrogen and oxygen atoms in total. The number of hydrogen-bond acceptors (Lipinski definition) is 3. The molecule has 0 bridgehead atoms. The Morgan fingerprint density at radius 3 is 1.96 bits per heavy atom. The molecule has 2 amide bonds. The van der Waals surface area contributed by atoms with Gasteiger partial charge < -0.3 is 20.8 Å². The lowest BCUT2D eigenvalue weighted by Crippen LogP contribution is -2.36. The van der Waals surface area contributed by atoms with Gasteiger partial charge in [-0.15, -0.1) is 0 Å².